The molecule has 0 unspecified atom stereocenters. The van der Waals surface area contributed by atoms with Crippen molar-refractivity contribution in [3.63, 3.8) is 0 Å². The molecule has 0 aliphatic rings. The number of hydrogen-bond acceptors (Lipinski definition) is 1. The molecule has 0 aliphatic heterocycles. The number of benzene rings is 1. The fourth-order valence-electron chi connectivity index (χ4n) is 0.983. The van der Waals surface area contributed by atoms with Gasteiger partial charge in [-0.25, -0.2) is 0 Å². The van der Waals surface area contributed by atoms with Gasteiger partial charge in [0, 0.05) is 5.56 Å². The molecular weight excluding hydrogens is 216 g/mol. The Morgan fingerprint density at radius 2 is 2.33 bits per heavy atom. The van der Waals surface area contributed by atoms with Gasteiger partial charge in [-0.05, 0) is 28.9 Å². The fraction of sp³-hybridized carbons (Fsp3) is 0.200. The van der Waals surface area contributed by atoms with Crippen molar-refractivity contribution in [1.82, 2.24) is 0 Å². The van der Waals surface area contributed by atoms with Gasteiger partial charge in [0.1, 0.15) is 5.75 Å². The fourth-order valence-corrected chi connectivity index (χ4v) is 1.48. The third kappa shape index (κ3) is 1.89. The van der Waals surface area contributed by atoms with Crippen LogP contribution in [0.2, 0.25) is 0 Å². The molecule has 1 rings (SSSR count). The Hall–Kier alpha value is -0.760. The Bertz CT molecular complexity index is 281. The van der Waals surface area contributed by atoms with Gasteiger partial charge in [-0.3, -0.25) is 0 Å². The minimum Gasteiger partial charge on any atom is -0.492 e. The lowest BCUT2D eigenvalue weighted by molar-refractivity contribution is 0.337. The Morgan fingerprint density at radius 1 is 1.58 bits per heavy atom. The van der Waals surface area contributed by atoms with Gasteiger partial charge in [-0.1, -0.05) is 24.8 Å². The zero-order valence-electron chi connectivity index (χ0n) is 7.01. The highest BCUT2D eigenvalue weighted by molar-refractivity contribution is 9.10. The molecule has 0 spiro atoms. The summed E-state index contributed by atoms with van der Waals surface area (Å²) >= 11 is 3.42. The minimum atomic E-state index is 0.670. The lowest BCUT2D eigenvalue weighted by Crippen LogP contribution is -1.94. The Morgan fingerprint density at radius 3 is 2.92 bits per heavy atom. The van der Waals surface area contributed by atoms with E-state index in [0.717, 1.165) is 15.8 Å². The van der Waals surface area contributed by atoms with Crippen molar-refractivity contribution < 1.29 is 4.74 Å². The molecule has 0 N–H and O–H groups in total. The second-order valence-corrected chi connectivity index (χ2v) is 3.15. The van der Waals surface area contributed by atoms with E-state index in [-0.39, 0.29) is 0 Å². The van der Waals surface area contributed by atoms with Crippen LogP contribution in [-0.2, 0) is 0 Å². The van der Waals surface area contributed by atoms with E-state index in [1.54, 1.807) is 6.08 Å². The van der Waals surface area contributed by atoms with Crippen molar-refractivity contribution in [2.75, 3.05) is 6.61 Å². The van der Waals surface area contributed by atoms with Gasteiger partial charge >= 0.3 is 0 Å². The molecule has 0 amide bonds. The molecule has 1 aromatic rings. The first-order valence-corrected chi connectivity index (χ1v) is 4.62. The van der Waals surface area contributed by atoms with E-state index < -0.39 is 0 Å². The predicted molar refractivity (Wildman–Crippen MR) is 55.4 cm³/mol. The lowest BCUT2D eigenvalue weighted by Gasteiger charge is -2.08. The number of halogens is 1. The van der Waals surface area contributed by atoms with Crippen molar-refractivity contribution >= 4 is 22.0 Å². The van der Waals surface area contributed by atoms with E-state index in [2.05, 4.69) is 22.5 Å². The van der Waals surface area contributed by atoms with Crippen molar-refractivity contribution in [3.8, 4) is 5.75 Å². The maximum absolute atomic E-state index is 5.44. The minimum absolute atomic E-state index is 0.670. The second kappa shape index (κ2) is 4.31. The molecule has 0 saturated heterocycles. The van der Waals surface area contributed by atoms with Crippen LogP contribution in [0.4, 0.5) is 0 Å². The predicted octanol–water partition coefficient (Wildman–Crippen LogP) is 3.49. The summed E-state index contributed by atoms with van der Waals surface area (Å²) in [5.41, 5.74) is 1.02. The van der Waals surface area contributed by atoms with Crippen molar-refractivity contribution in [1.29, 1.82) is 0 Å². The first-order chi connectivity index (χ1) is 5.79. The molecular formula is C10H11BrO. The van der Waals surface area contributed by atoms with Gasteiger partial charge in [0.15, 0.2) is 0 Å². The van der Waals surface area contributed by atoms with Crippen LogP contribution in [0.3, 0.4) is 0 Å². The molecule has 12 heavy (non-hydrogen) atoms. The van der Waals surface area contributed by atoms with E-state index in [1.807, 2.05) is 25.1 Å². The zero-order chi connectivity index (χ0) is 8.97. The van der Waals surface area contributed by atoms with Gasteiger partial charge in [-0.15, -0.1) is 0 Å². The van der Waals surface area contributed by atoms with Gasteiger partial charge in [0.25, 0.3) is 0 Å². The summed E-state index contributed by atoms with van der Waals surface area (Å²) in [6.07, 6.45) is 1.79. The monoisotopic (exact) mass is 226 g/mol. The summed E-state index contributed by atoms with van der Waals surface area (Å²) in [4.78, 5) is 0. The first-order valence-electron chi connectivity index (χ1n) is 3.83. The summed E-state index contributed by atoms with van der Waals surface area (Å²) in [5, 5.41) is 0. The standard InChI is InChI=1S/C10H11BrO/c1-3-8-6-5-7-9(11)10(8)12-4-2/h3,5-7H,1,4H2,2H3. The average molecular weight is 227 g/mol. The average Bonchev–Trinajstić information content (AvgIpc) is 2.09. The van der Waals surface area contributed by atoms with Gasteiger partial charge < -0.3 is 4.74 Å². The normalized spacial score (nSPS) is 9.50. The van der Waals surface area contributed by atoms with Gasteiger partial charge in [-0.2, -0.15) is 0 Å². The highest BCUT2D eigenvalue weighted by Crippen LogP contribution is 2.29. The van der Waals surface area contributed by atoms with Crippen LogP contribution in [0, 0.1) is 0 Å². The van der Waals surface area contributed by atoms with Crippen LogP contribution < -0.4 is 4.74 Å². The smallest absolute Gasteiger partial charge is 0.140 e. The van der Waals surface area contributed by atoms with Crippen LogP contribution in [0.25, 0.3) is 6.08 Å². The summed E-state index contributed by atoms with van der Waals surface area (Å²) in [6, 6.07) is 5.89. The molecule has 0 atom stereocenters. The van der Waals surface area contributed by atoms with E-state index >= 15 is 0 Å². The molecule has 0 radical (unpaired) electrons. The van der Waals surface area contributed by atoms with Crippen molar-refractivity contribution in [2.45, 2.75) is 6.92 Å². The van der Waals surface area contributed by atoms with Crippen LogP contribution in [0.15, 0.2) is 29.3 Å². The van der Waals surface area contributed by atoms with Crippen LogP contribution in [-0.4, -0.2) is 6.61 Å². The topological polar surface area (TPSA) is 9.23 Å². The zero-order valence-corrected chi connectivity index (χ0v) is 8.60. The number of rotatable bonds is 3. The van der Waals surface area contributed by atoms with E-state index in [1.165, 1.54) is 0 Å². The molecule has 0 saturated carbocycles. The number of hydrogen-bond donors (Lipinski definition) is 0. The van der Waals surface area contributed by atoms with Crippen molar-refractivity contribution in [3.05, 3.63) is 34.8 Å². The number of para-hydroxylation sites is 1. The highest BCUT2D eigenvalue weighted by Gasteiger charge is 2.03. The molecule has 0 fully saturated rings. The third-order valence-corrected chi connectivity index (χ3v) is 2.13. The van der Waals surface area contributed by atoms with E-state index in [9.17, 15) is 0 Å². The summed E-state index contributed by atoms with van der Waals surface area (Å²) in [5.74, 6) is 0.870. The lowest BCUT2D eigenvalue weighted by atomic mass is 10.2. The SMILES string of the molecule is C=Cc1cccc(Br)c1OCC. The highest BCUT2D eigenvalue weighted by atomic mass is 79.9. The maximum atomic E-state index is 5.44. The first kappa shape index (κ1) is 9.33. The van der Waals surface area contributed by atoms with Crippen LogP contribution in [0.1, 0.15) is 12.5 Å². The van der Waals surface area contributed by atoms with Gasteiger partial charge in [0.2, 0.25) is 0 Å². The summed E-state index contributed by atoms with van der Waals surface area (Å²) in [6.45, 7) is 6.35. The Kier molecular flexibility index (Phi) is 3.35. The molecule has 1 aromatic carbocycles. The van der Waals surface area contributed by atoms with Crippen LogP contribution >= 0.6 is 15.9 Å². The third-order valence-electron chi connectivity index (χ3n) is 1.51. The Labute approximate surface area is 81.2 Å². The Balaban J connectivity index is 3.10. The van der Waals surface area contributed by atoms with Crippen molar-refractivity contribution in [2.24, 2.45) is 0 Å². The maximum Gasteiger partial charge on any atom is 0.140 e. The van der Waals surface area contributed by atoms with E-state index in [4.69, 9.17) is 4.74 Å². The van der Waals surface area contributed by atoms with E-state index in [0.29, 0.717) is 6.61 Å². The van der Waals surface area contributed by atoms with Gasteiger partial charge in [0.05, 0.1) is 11.1 Å². The largest absolute Gasteiger partial charge is 0.492 e. The molecule has 0 aromatic heterocycles. The van der Waals surface area contributed by atoms with Crippen LogP contribution in [0.5, 0.6) is 5.75 Å². The molecule has 2 heteroatoms. The summed E-state index contributed by atoms with van der Waals surface area (Å²) in [7, 11) is 0. The number of ether oxygens (including phenoxy) is 1. The summed E-state index contributed by atoms with van der Waals surface area (Å²) < 4.78 is 6.41. The molecule has 0 bridgehead atoms. The molecule has 0 aliphatic carbocycles. The second-order valence-electron chi connectivity index (χ2n) is 2.30. The quantitative estimate of drug-likeness (QED) is 0.767. The molecule has 64 valence electrons. The molecule has 1 nitrogen and oxygen atoms in total. The molecule has 0 heterocycles.